The van der Waals surface area contributed by atoms with Crippen LogP contribution in [0.4, 0.5) is 0 Å². The molecule has 4 rings (SSSR count). The zero-order valence-electron chi connectivity index (χ0n) is 17.4. The van der Waals surface area contributed by atoms with E-state index in [1.165, 1.54) is 0 Å². The maximum absolute atomic E-state index is 10.1. The number of aromatic hydroxyl groups is 1. The standard InChI is InChI=1S/C22H26ClN5O2S/c1-27(12-16-11-17(23)7-8-20(16)29)14-21-25-26-22(28(21)13-19-6-4-10-30-19)31-15-18-5-2-3-9-24-18/h2-3,5,7-9,11,19,29H,4,6,10,12-15H2,1H3/t19-/m1/s1. The van der Waals surface area contributed by atoms with Crippen LogP contribution >= 0.6 is 23.4 Å². The fourth-order valence-corrected chi connectivity index (χ4v) is 4.69. The Labute approximate surface area is 191 Å². The van der Waals surface area contributed by atoms with Gasteiger partial charge in [0.25, 0.3) is 0 Å². The van der Waals surface area contributed by atoms with Crippen LogP contribution in [0.3, 0.4) is 0 Å². The third kappa shape index (κ3) is 5.98. The van der Waals surface area contributed by atoms with Crippen molar-refractivity contribution in [2.45, 2.75) is 49.5 Å². The van der Waals surface area contributed by atoms with Crippen LogP contribution in [0.2, 0.25) is 5.02 Å². The molecule has 0 spiro atoms. The molecule has 31 heavy (non-hydrogen) atoms. The van der Waals surface area contributed by atoms with E-state index in [1.54, 1.807) is 36.2 Å². The Morgan fingerprint density at radius 2 is 2.16 bits per heavy atom. The second-order valence-corrected chi connectivity index (χ2v) is 9.08. The lowest BCUT2D eigenvalue weighted by molar-refractivity contribution is 0.0934. The summed E-state index contributed by atoms with van der Waals surface area (Å²) in [7, 11) is 1.99. The number of phenolic OH excluding ortho intramolecular Hbond substituents is 1. The van der Waals surface area contributed by atoms with Gasteiger partial charge in [0.15, 0.2) is 5.16 Å². The van der Waals surface area contributed by atoms with Gasteiger partial charge in [-0.1, -0.05) is 29.4 Å². The fourth-order valence-electron chi connectivity index (χ4n) is 3.61. The molecule has 1 aliphatic rings. The smallest absolute Gasteiger partial charge is 0.191 e. The largest absolute Gasteiger partial charge is 0.508 e. The molecular weight excluding hydrogens is 434 g/mol. The van der Waals surface area contributed by atoms with Crippen LogP contribution < -0.4 is 0 Å². The summed E-state index contributed by atoms with van der Waals surface area (Å²) in [4.78, 5) is 6.49. The second-order valence-electron chi connectivity index (χ2n) is 7.70. The molecule has 1 N–H and O–H groups in total. The maximum atomic E-state index is 10.1. The van der Waals surface area contributed by atoms with E-state index in [9.17, 15) is 5.11 Å². The number of halogens is 1. The van der Waals surface area contributed by atoms with Gasteiger partial charge >= 0.3 is 0 Å². The minimum Gasteiger partial charge on any atom is -0.508 e. The molecule has 3 heterocycles. The molecule has 1 aliphatic heterocycles. The van der Waals surface area contributed by atoms with E-state index in [2.05, 4.69) is 24.6 Å². The summed E-state index contributed by atoms with van der Waals surface area (Å²) in [5.74, 6) is 1.85. The molecule has 0 radical (unpaired) electrons. The first-order valence-corrected chi connectivity index (χ1v) is 11.7. The van der Waals surface area contributed by atoms with Gasteiger partial charge in [-0.05, 0) is 50.2 Å². The Morgan fingerprint density at radius 1 is 1.26 bits per heavy atom. The number of phenols is 1. The summed E-state index contributed by atoms with van der Waals surface area (Å²) in [6, 6.07) is 11.0. The molecular formula is C22H26ClN5O2S. The Morgan fingerprint density at radius 3 is 2.94 bits per heavy atom. The first kappa shape index (κ1) is 22.1. The highest BCUT2D eigenvalue weighted by molar-refractivity contribution is 7.98. The number of nitrogens with zero attached hydrogens (tertiary/aromatic N) is 5. The van der Waals surface area contributed by atoms with Crippen molar-refractivity contribution in [3.05, 3.63) is 64.7 Å². The minimum atomic E-state index is 0.186. The van der Waals surface area contributed by atoms with Gasteiger partial charge in [-0.25, -0.2) is 0 Å². The summed E-state index contributed by atoms with van der Waals surface area (Å²) < 4.78 is 8.03. The van der Waals surface area contributed by atoms with Crippen molar-refractivity contribution in [2.24, 2.45) is 0 Å². The number of thioether (sulfide) groups is 1. The molecule has 0 saturated carbocycles. The van der Waals surface area contributed by atoms with E-state index < -0.39 is 0 Å². The lowest BCUT2D eigenvalue weighted by atomic mass is 10.2. The van der Waals surface area contributed by atoms with Crippen LogP contribution in [0.25, 0.3) is 0 Å². The van der Waals surface area contributed by atoms with E-state index in [0.717, 1.165) is 54.0 Å². The van der Waals surface area contributed by atoms with Crippen molar-refractivity contribution in [2.75, 3.05) is 13.7 Å². The number of pyridine rings is 1. The Kier molecular flexibility index (Phi) is 7.45. The van der Waals surface area contributed by atoms with Crippen LogP contribution in [-0.4, -0.2) is 49.5 Å². The molecule has 0 unspecified atom stereocenters. The Bertz CT molecular complexity index is 995. The quantitative estimate of drug-likeness (QED) is 0.482. The monoisotopic (exact) mass is 459 g/mol. The lowest BCUT2D eigenvalue weighted by Gasteiger charge is -2.19. The predicted molar refractivity (Wildman–Crippen MR) is 121 cm³/mol. The lowest BCUT2D eigenvalue weighted by Crippen LogP contribution is -2.23. The molecule has 1 saturated heterocycles. The molecule has 7 nitrogen and oxygen atoms in total. The number of ether oxygens (including phenoxy) is 1. The van der Waals surface area contributed by atoms with Crippen molar-refractivity contribution in [1.82, 2.24) is 24.6 Å². The third-order valence-electron chi connectivity index (χ3n) is 5.17. The van der Waals surface area contributed by atoms with Gasteiger partial charge in [0.2, 0.25) is 0 Å². The van der Waals surface area contributed by atoms with Gasteiger partial charge in [0, 0.05) is 35.7 Å². The fraction of sp³-hybridized carbons (Fsp3) is 0.409. The topological polar surface area (TPSA) is 76.3 Å². The van der Waals surface area contributed by atoms with Gasteiger partial charge in [0.05, 0.1) is 24.9 Å². The Hall–Kier alpha value is -2.13. The highest BCUT2D eigenvalue weighted by Gasteiger charge is 2.22. The molecule has 164 valence electrons. The molecule has 0 amide bonds. The molecule has 1 aromatic carbocycles. The molecule has 1 atom stereocenters. The molecule has 9 heteroatoms. The molecule has 3 aromatic rings. The van der Waals surface area contributed by atoms with Gasteiger partial charge in [-0.3, -0.25) is 9.88 Å². The van der Waals surface area contributed by atoms with Crippen molar-refractivity contribution in [1.29, 1.82) is 0 Å². The van der Waals surface area contributed by atoms with Crippen molar-refractivity contribution >= 4 is 23.4 Å². The zero-order chi connectivity index (χ0) is 21.6. The van der Waals surface area contributed by atoms with Crippen molar-refractivity contribution < 1.29 is 9.84 Å². The van der Waals surface area contributed by atoms with E-state index in [0.29, 0.717) is 18.1 Å². The average molecular weight is 460 g/mol. The first-order valence-electron chi connectivity index (χ1n) is 10.3. The van der Waals surface area contributed by atoms with Gasteiger partial charge in [-0.15, -0.1) is 10.2 Å². The number of rotatable bonds is 9. The molecule has 0 aliphatic carbocycles. The number of hydrogen-bond acceptors (Lipinski definition) is 7. The van der Waals surface area contributed by atoms with E-state index in [1.807, 2.05) is 25.2 Å². The highest BCUT2D eigenvalue weighted by Crippen LogP contribution is 2.26. The van der Waals surface area contributed by atoms with Crippen LogP contribution in [0.1, 0.15) is 29.9 Å². The summed E-state index contributed by atoms with van der Waals surface area (Å²) in [5, 5.41) is 20.5. The number of benzene rings is 1. The SMILES string of the molecule is CN(Cc1cc(Cl)ccc1O)Cc1nnc(SCc2ccccn2)n1C[C@H]1CCCO1. The summed E-state index contributed by atoms with van der Waals surface area (Å²) in [6.45, 7) is 2.70. The van der Waals surface area contributed by atoms with Gasteiger partial charge < -0.3 is 14.4 Å². The van der Waals surface area contributed by atoms with Crippen LogP contribution in [-0.2, 0) is 30.1 Å². The average Bonchev–Trinajstić information content (AvgIpc) is 3.41. The van der Waals surface area contributed by atoms with E-state index in [-0.39, 0.29) is 11.9 Å². The van der Waals surface area contributed by atoms with Crippen LogP contribution in [0.15, 0.2) is 47.8 Å². The van der Waals surface area contributed by atoms with Crippen molar-refractivity contribution in [3.63, 3.8) is 0 Å². The first-order chi connectivity index (χ1) is 15.1. The molecule has 2 aromatic heterocycles. The second kappa shape index (κ2) is 10.5. The highest BCUT2D eigenvalue weighted by atomic mass is 35.5. The van der Waals surface area contributed by atoms with E-state index in [4.69, 9.17) is 16.3 Å². The maximum Gasteiger partial charge on any atom is 0.191 e. The minimum absolute atomic E-state index is 0.186. The number of hydrogen-bond donors (Lipinski definition) is 1. The van der Waals surface area contributed by atoms with Gasteiger partial charge in [-0.2, -0.15) is 0 Å². The van der Waals surface area contributed by atoms with Gasteiger partial charge in [0.1, 0.15) is 11.6 Å². The summed E-state index contributed by atoms with van der Waals surface area (Å²) in [6.07, 6.45) is 4.13. The summed E-state index contributed by atoms with van der Waals surface area (Å²) in [5.41, 5.74) is 1.79. The van der Waals surface area contributed by atoms with Crippen molar-refractivity contribution in [3.8, 4) is 5.75 Å². The Balaban J connectivity index is 1.48. The summed E-state index contributed by atoms with van der Waals surface area (Å²) >= 11 is 7.73. The number of aromatic nitrogens is 4. The molecule has 1 fully saturated rings. The van der Waals surface area contributed by atoms with E-state index >= 15 is 0 Å². The third-order valence-corrected chi connectivity index (χ3v) is 6.41. The van der Waals surface area contributed by atoms with Crippen LogP contribution in [0.5, 0.6) is 5.75 Å². The zero-order valence-corrected chi connectivity index (χ0v) is 19.0. The molecule has 0 bridgehead atoms. The van der Waals surface area contributed by atoms with Crippen LogP contribution in [0, 0.1) is 0 Å². The normalized spacial score (nSPS) is 16.3. The predicted octanol–water partition coefficient (Wildman–Crippen LogP) is 4.14.